The van der Waals surface area contributed by atoms with Crippen LogP contribution in [0.1, 0.15) is 64.7 Å². The Morgan fingerprint density at radius 3 is 2.47 bits per heavy atom. The molecule has 3 heteroatoms. The van der Waals surface area contributed by atoms with Gasteiger partial charge in [-0.3, -0.25) is 4.79 Å². The predicted octanol–water partition coefficient (Wildman–Crippen LogP) is 2.93. The zero-order valence-corrected chi connectivity index (χ0v) is 12.7. The first-order chi connectivity index (χ1) is 9.09. The molecule has 2 rings (SSSR count). The Hall–Kier alpha value is -0.570. The monoisotopic (exact) mass is 266 g/mol. The minimum absolute atomic E-state index is 0.242. The minimum Gasteiger partial charge on any atom is -0.342 e. The van der Waals surface area contributed by atoms with Crippen LogP contribution < -0.4 is 5.73 Å². The summed E-state index contributed by atoms with van der Waals surface area (Å²) in [6.45, 7) is 2.84. The maximum absolute atomic E-state index is 12.9. The van der Waals surface area contributed by atoms with Gasteiger partial charge in [-0.25, -0.2) is 0 Å². The van der Waals surface area contributed by atoms with Crippen LogP contribution in [0.2, 0.25) is 0 Å². The van der Waals surface area contributed by atoms with Crippen molar-refractivity contribution in [1.29, 1.82) is 0 Å². The SMILES string of the molecule is CC1CCCC(N(C)C(=O)C2(CN)CCCCC2)C1. The molecule has 2 atom stereocenters. The van der Waals surface area contributed by atoms with Crippen molar-refractivity contribution < 1.29 is 4.79 Å². The maximum atomic E-state index is 12.9. The Morgan fingerprint density at radius 2 is 1.89 bits per heavy atom. The van der Waals surface area contributed by atoms with E-state index >= 15 is 0 Å². The van der Waals surface area contributed by atoms with E-state index in [0.29, 0.717) is 18.5 Å². The van der Waals surface area contributed by atoms with E-state index in [-0.39, 0.29) is 5.41 Å². The normalized spacial score (nSPS) is 30.9. The lowest BCUT2D eigenvalue weighted by molar-refractivity contribution is -0.145. The molecule has 0 saturated heterocycles. The van der Waals surface area contributed by atoms with Crippen molar-refractivity contribution in [3.63, 3.8) is 0 Å². The number of amides is 1. The Morgan fingerprint density at radius 1 is 1.21 bits per heavy atom. The van der Waals surface area contributed by atoms with Gasteiger partial charge in [0.1, 0.15) is 0 Å². The predicted molar refractivity (Wildman–Crippen MR) is 78.8 cm³/mol. The lowest BCUT2D eigenvalue weighted by atomic mass is 9.72. The van der Waals surface area contributed by atoms with Crippen molar-refractivity contribution in [2.75, 3.05) is 13.6 Å². The standard InChI is InChI=1S/C16H30N2O/c1-13-7-6-8-14(11-13)18(2)15(19)16(12-17)9-4-3-5-10-16/h13-14H,3-12,17H2,1-2H3. The zero-order valence-electron chi connectivity index (χ0n) is 12.7. The summed E-state index contributed by atoms with van der Waals surface area (Å²) in [7, 11) is 2.01. The number of nitrogens with two attached hydrogens (primary N) is 1. The first-order valence-electron chi connectivity index (χ1n) is 8.06. The third-order valence-electron chi connectivity index (χ3n) is 5.43. The van der Waals surface area contributed by atoms with Crippen LogP contribution in [-0.2, 0) is 4.79 Å². The largest absolute Gasteiger partial charge is 0.342 e. The highest BCUT2D eigenvalue weighted by Gasteiger charge is 2.41. The van der Waals surface area contributed by atoms with Crippen LogP contribution in [0.4, 0.5) is 0 Å². The minimum atomic E-state index is -0.242. The molecule has 1 amide bonds. The summed E-state index contributed by atoms with van der Waals surface area (Å²) in [4.78, 5) is 15.0. The van der Waals surface area contributed by atoms with Gasteiger partial charge in [0, 0.05) is 19.6 Å². The van der Waals surface area contributed by atoms with Gasteiger partial charge in [0.25, 0.3) is 0 Å². The smallest absolute Gasteiger partial charge is 0.230 e. The fraction of sp³-hybridized carbons (Fsp3) is 0.938. The van der Waals surface area contributed by atoms with Crippen molar-refractivity contribution in [3.8, 4) is 0 Å². The molecule has 2 unspecified atom stereocenters. The Kier molecular flexibility index (Phi) is 4.88. The van der Waals surface area contributed by atoms with Crippen LogP contribution in [0.25, 0.3) is 0 Å². The molecule has 0 spiro atoms. The van der Waals surface area contributed by atoms with Crippen LogP contribution in [-0.4, -0.2) is 30.4 Å². The van der Waals surface area contributed by atoms with Crippen molar-refractivity contribution in [1.82, 2.24) is 4.90 Å². The average molecular weight is 266 g/mol. The van der Waals surface area contributed by atoms with Crippen LogP contribution in [0.5, 0.6) is 0 Å². The topological polar surface area (TPSA) is 46.3 Å². The molecule has 2 fully saturated rings. The lowest BCUT2D eigenvalue weighted by Crippen LogP contribution is -2.51. The highest BCUT2D eigenvalue weighted by molar-refractivity contribution is 5.83. The van der Waals surface area contributed by atoms with E-state index in [1.807, 2.05) is 11.9 Å². The van der Waals surface area contributed by atoms with Gasteiger partial charge in [-0.05, 0) is 31.6 Å². The lowest BCUT2D eigenvalue weighted by Gasteiger charge is -2.42. The molecule has 2 aliphatic carbocycles. The van der Waals surface area contributed by atoms with Crippen LogP contribution in [0.15, 0.2) is 0 Å². The average Bonchev–Trinajstić information content (AvgIpc) is 2.46. The van der Waals surface area contributed by atoms with E-state index in [1.54, 1.807) is 0 Å². The van der Waals surface area contributed by atoms with Gasteiger partial charge >= 0.3 is 0 Å². The summed E-state index contributed by atoms with van der Waals surface area (Å²) >= 11 is 0. The molecule has 0 radical (unpaired) electrons. The first kappa shape index (κ1) is 14.8. The zero-order chi connectivity index (χ0) is 13.9. The molecule has 2 aliphatic rings. The molecular weight excluding hydrogens is 236 g/mol. The fourth-order valence-electron chi connectivity index (χ4n) is 4.03. The third-order valence-corrected chi connectivity index (χ3v) is 5.43. The Labute approximate surface area is 117 Å². The molecule has 0 aromatic carbocycles. The molecule has 2 saturated carbocycles. The van der Waals surface area contributed by atoms with E-state index in [9.17, 15) is 4.79 Å². The Bertz CT molecular complexity index is 310. The van der Waals surface area contributed by atoms with E-state index in [0.717, 1.165) is 31.6 Å². The third kappa shape index (κ3) is 3.13. The number of rotatable bonds is 3. The van der Waals surface area contributed by atoms with E-state index in [1.165, 1.54) is 32.1 Å². The summed E-state index contributed by atoms with van der Waals surface area (Å²) in [6.07, 6.45) is 10.5. The number of carbonyl (C=O) groups excluding carboxylic acids is 1. The van der Waals surface area contributed by atoms with Gasteiger partial charge in [0.05, 0.1) is 5.41 Å². The molecule has 3 nitrogen and oxygen atoms in total. The molecule has 0 aliphatic heterocycles. The second-order valence-corrected chi connectivity index (χ2v) is 6.89. The van der Waals surface area contributed by atoms with Crippen LogP contribution >= 0.6 is 0 Å². The molecule has 0 heterocycles. The molecule has 0 bridgehead atoms. The molecular formula is C16H30N2O. The van der Waals surface area contributed by atoms with E-state index in [2.05, 4.69) is 6.92 Å². The second-order valence-electron chi connectivity index (χ2n) is 6.89. The second kappa shape index (κ2) is 6.25. The number of hydrogen-bond acceptors (Lipinski definition) is 2. The summed E-state index contributed by atoms with van der Waals surface area (Å²) in [5.41, 5.74) is 5.74. The van der Waals surface area contributed by atoms with E-state index < -0.39 is 0 Å². The molecule has 0 aromatic heterocycles. The highest BCUT2D eigenvalue weighted by atomic mass is 16.2. The molecule has 19 heavy (non-hydrogen) atoms. The Balaban J connectivity index is 2.04. The number of nitrogens with zero attached hydrogens (tertiary/aromatic N) is 1. The fourth-order valence-corrected chi connectivity index (χ4v) is 4.03. The molecule has 0 aromatic rings. The van der Waals surface area contributed by atoms with Crippen LogP contribution in [0.3, 0.4) is 0 Å². The van der Waals surface area contributed by atoms with Crippen molar-refractivity contribution in [3.05, 3.63) is 0 Å². The summed E-state index contributed by atoms with van der Waals surface area (Å²) < 4.78 is 0. The van der Waals surface area contributed by atoms with Crippen molar-refractivity contribution in [2.24, 2.45) is 17.1 Å². The maximum Gasteiger partial charge on any atom is 0.230 e. The summed E-state index contributed by atoms with van der Waals surface area (Å²) in [6, 6.07) is 0.446. The van der Waals surface area contributed by atoms with Crippen molar-refractivity contribution >= 4 is 5.91 Å². The quantitative estimate of drug-likeness (QED) is 0.853. The van der Waals surface area contributed by atoms with Crippen LogP contribution in [0, 0.1) is 11.3 Å². The summed E-state index contributed by atoms with van der Waals surface area (Å²) in [5.74, 6) is 1.09. The first-order valence-corrected chi connectivity index (χ1v) is 8.06. The van der Waals surface area contributed by atoms with Gasteiger partial charge in [0.2, 0.25) is 5.91 Å². The van der Waals surface area contributed by atoms with Gasteiger partial charge in [-0.1, -0.05) is 39.0 Å². The van der Waals surface area contributed by atoms with Crippen molar-refractivity contribution in [2.45, 2.75) is 70.8 Å². The molecule has 2 N–H and O–H groups in total. The van der Waals surface area contributed by atoms with E-state index in [4.69, 9.17) is 5.73 Å². The molecule has 110 valence electrons. The van der Waals surface area contributed by atoms with Gasteiger partial charge in [-0.15, -0.1) is 0 Å². The summed E-state index contributed by atoms with van der Waals surface area (Å²) in [5, 5.41) is 0. The van der Waals surface area contributed by atoms with Gasteiger partial charge in [0.15, 0.2) is 0 Å². The van der Waals surface area contributed by atoms with Gasteiger partial charge in [-0.2, -0.15) is 0 Å². The van der Waals surface area contributed by atoms with Gasteiger partial charge < -0.3 is 10.6 Å². The highest BCUT2D eigenvalue weighted by Crippen LogP contribution is 2.38. The number of carbonyl (C=O) groups is 1. The number of hydrogen-bond donors (Lipinski definition) is 1.